The Bertz CT molecular complexity index is 1990. The van der Waals surface area contributed by atoms with Crippen LogP contribution in [0.2, 0.25) is 0 Å². The van der Waals surface area contributed by atoms with E-state index in [2.05, 4.69) is 54.2 Å². The first-order valence-electron chi connectivity index (χ1n) is 17.9. The summed E-state index contributed by atoms with van der Waals surface area (Å²) in [5.74, 6) is 0.166. The van der Waals surface area contributed by atoms with Crippen LogP contribution in [0.5, 0.6) is 5.88 Å². The second kappa shape index (κ2) is 15.2. The number of nitrogens with zero attached hydrogens (tertiary/aromatic N) is 6. The molecule has 276 valence electrons. The first-order valence-corrected chi connectivity index (χ1v) is 19.4. The zero-order valence-corrected chi connectivity index (χ0v) is 31.9. The fourth-order valence-corrected chi connectivity index (χ4v) is 7.92. The lowest BCUT2D eigenvalue weighted by Crippen LogP contribution is -2.45. The van der Waals surface area contributed by atoms with E-state index >= 15 is 0 Å². The summed E-state index contributed by atoms with van der Waals surface area (Å²) in [6, 6.07) is 13.2. The van der Waals surface area contributed by atoms with Crippen molar-refractivity contribution >= 4 is 27.6 Å². The topological polar surface area (TPSA) is 140 Å². The molecular formula is C39H49N7O5S. The maximum absolute atomic E-state index is 14.5. The lowest BCUT2D eigenvalue weighted by Gasteiger charge is -2.35. The third kappa shape index (κ3) is 8.87. The number of hydrogen-bond donors (Lipinski definition) is 1. The summed E-state index contributed by atoms with van der Waals surface area (Å²) < 4.78 is 42.4. The Hall–Kier alpha value is -4.62. The van der Waals surface area contributed by atoms with Crippen molar-refractivity contribution in [2.75, 3.05) is 29.3 Å². The first-order chi connectivity index (χ1) is 24.6. The highest BCUT2D eigenvalue weighted by atomic mass is 32.2. The van der Waals surface area contributed by atoms with Crippen molar-refractivity contribution in [3.8, 4) is 17.1 Å². The predicted octanol–water partition coefficient (Wildman–Crippen LogP) is 6.58. The number of piperidine rings is 1. The predicted molar refractivity (Wildman–Crippen MR) is 201 cm³/mol. The van der Waals surface area contributed by atoms with E-state index in [1.807, 2.05) is 44.4 Å². The van der Waals surface area contributed by atoms with Crippen LogP contribution in [0, 0.1) is 19.3 Å². The van der Waals surface area contributed by atoms with E-state index < -0.39 is 16.1 Å². The Kier molecular flexibility index (Phi) is 10.8. The van der Waals surface area contributed by atoms with Crippen molar-refractivity contribution in [3.63, 3.8) is 0 Å². The summed E-state index contributed by atoms with van der Waals surface area (Å²) in [5.41, 5.74) is 4.26. The van der Waals surface area contributed by atoms with E-state index in [4.69, 9.17) is 19.4 Å². The van der Waals surface area contributed by atoms with Gasteiger partial charge in [0.15, 0.2) is 0 Å². The van der Waals surface area contributed by atoms with Crippen LogP contribution < -0.4 is 14.4 Å². The number of aromatic nitrogens is 4. The molecule has 1 saturated heterocycles. The number of aryl methyl sites for hydroxylation is 2. The molecule has 2 aliphatic heterocycles. The van der Waals surface area contributed by atoms with Gasteiger partial charge in [-0.25, -0.2) is 28.1 Å². The number of anilines is 2. The molecule has 4 heterocycles. The fraction of sp³-hybridized carbons (Fsp3) is 0.462. The average molecular weight is 728 g/mol. The minimum atomic E-state index is -4.18. The average Bonchev–Trinajstić information content (AvgIpc) is 3.08. The number of carbonyl (C=O) groups excluding carboxylic acids is 1. The van der Waals surface area contributed by atoms with Gasteiger partial charge in [0.25, 0.3) is 15.9 Å². The number of hydrogen-bond acceptors (Lipinski definition) is 10. The number of fused-ring (bicyclic) bond motifs is 4. The normalized spacial score (nSPS) is 18.2. The molecule has 2 aromatic heterocycles. The van der Waals surface area contributed by atoms with Crippen LogP contribution in [0.25, 0.3) is 11.3 Å². The molecular weight excluding hydrogens is 679 g/mol. The molecule has 4 aromatic rings. The maximum Gasteiger partial charge on any atom is 0.264 e. The summed E-state index contributed by atoms with van der Waals surface area (Å²) in [6.45, 7) is 16.3. The lowest BCUT2D eigenvalue weighted by atomic mass is 9.87. The van der Waals surface area contributed by atoms with Crippen molar-refractivity contribution in [2.24, 2.45) is 5.41 Å². The molecule has 6 rings (SSSR count). The Labute approximate surface area is 307 Å². The molecule has 0 radical (unpaired) electrons. The van der Waals surface area contributed by atoms with E-state index in [1.54, 1.807) is 23.1 Å². The number of benzene rings is 2. The van der Waals surface area contributed by atoms with Gasteiger partial charge >= 0.3 is 0 Å². The van der Waals surface area contributed by atoms with Gasteiger partial charge in [-0.15, -0.1) is 0 Å². The lowest BCUT2D eigenvalue weighted by molar-refractivity contribution is -0.00479. The van der Waals surface area contributed by atoms with Gasteiger partial charge in [-0.1, -0.05) is 45.0 Å². The summed E-state index contributed by atoms with van der Waals surface area (Å²) in [6.07, 6.45) is 6.50. The molecule has 13 heteroatoms. The van der Waals surface area contributed by atoms with Crippen LogP contribution in [0.4, 0.5) is 11.6 Å². The third-order valence-corrected chi connectivity index (χ3v) is 10.6. The van der Waals surface area contributed by atoms with Gasteiger partial charge in [-0.3, -0.25) is 4.79 Å². The smallest absolute Gasteiger partial charge is 0.264 e. The van der Waals surface area contributed by atoms with E-state index in [0.29, 0.717) is 17.9 Å². The van der Waals surface area contributed by atoms with Crippen molar-refractivity contribution in [1.82, 2.24) is 24.8 Å². The standard InChI is InChI=1S/C39H49N7O5S/c1-25(2)51-31-14-16-45(17-15-31)30-21-40-34(41-22-30)23-46-29(20-39(5,6)7)24-50-35-19-33(36-26(3)10-8-11-27(36)4)42-38(43-35)44-52(48,49)32-13-9-12-28(18-32)37(46)47/h8-13,18-19,21-22,25,29,31H,14-17,20,23-24H2,1-7H3,(H,42,43,44)/t29-/m1/s1. The second-order valence-electron chi connectivity index (χ2n) is 15.2. The number of ether oxygens (including phenoxy) is 2. The van der Waals surface area contributed by atoms with Crippen LogP contribution in [-0.4, -0.2) is 77.1 Å². The summed E-state index contributed by atoms with van der Waals surface area (Å²) in [5, 5.41) is 0. The molecule has 1 atom stereocenters. The number of amides is 1. The summed E-state index contributed by atoms with van der Waals surface area (Å²) >= 11 is 0. The molecule has 2 aliphatic rings. The van der Waals surface area contributed by atoms with Crippen molar-refractivity contribution < 1.29 is 22.7 Å². The molecule has 2 aromatic carbocycles. The minimum Gasteiger partial charge on any atom is -0.475 e. The highest BCUT2D eigenvalue weighted by molar-refractivity contribution is 7.92. The molecule has 0 unspecified atom stereocenters. The SMILES string of the molecule is Cc1cccc(C)c1-c1cc2nc(n1)NS(=O)(=O)c1cccc(c1)C(=O)N(Cc1ncc(N3CCC(OC(C)C)CC3)cn1)[C@H](CC(C)(C)C)CO2. The van der Waals surface area contributed by atoms with Gasteiger partial charge in [-0.2, -0.15) is 4.98 Å². The monoisotopic (exact) mass is 727 g/mol. The largest absolute Gasteiger partial charge is 0.475 e. The highest BCUT2D eigenvalue weighted by Crippen LogP contribution is 2.32. The van der Waals surface area contributed by atoms with Crippen molar-refractivity contribution in [1.29, 1.82) is 0 Å². The fourth-order valence-electron chi connectivity index (χ4n) is 6.93. The zero-order chi connectivity index (χ0) is 37.2. The maximum atomic E-state index is 14.5. The minimum absolute atomic E-state index is 0.0865. The number of rotatable bonds is 7. The van der Waals surface area contributed by atoms with Gasteiger partial charge in [0, 0.05) is 30.3 Å². The van der Waals surface area contributed by atoms with Crippen molar-refractivity contribution in [3.05, 3.63) is 83.4 Å². The van der Waals surface area contributed by atoms with E-state index in [0.717, 1.165) is 48.3 Å². The molecule has 0 saturated carbocycles. The van der Waals surface area contributed by atoms with Crippen molar-refractivity contribution in [2.45, 2.75) is 97.4 Å². The molecule has 1 amide bonds. The van der Waals surface area contributed by atoms with Gasteiger partial charge in [0.05, 0.1) is 53.5 Å². The number of sulfonamides is 1. The number of nitrogens with one attached hydrogen (secondary N) is 1. The van der Waals surface area contributed by atoms with Crippen LogP contribution in [0.1, 0.15) is 81.2 Å². The highest BCUT2D eigenvalue weighted by Gasteiger charge is 2.32. The molecule has 0 spiro atoms. The Morgan fingerprint density at radius 3 is 2.31 bits per heavy atom. The summed E-state index contributed by atoms with van der Waals surface area (Å²) in [4.78, 5) is 36.9. The Morgan fingerprint density at radius 2 is 1.65 bits per heavy atom. The number of carbonyl (C=O) groups is 1. The molecule has 4 bridgehead atoms. The van der Waals surface area contributed by atoms with Crippen LogP contribution in [0.3, 0.4) is 0 Å². The van der Waals surface area contributed by atoms with E-state index in [1.165, 1.54) is 12.1 Å². The molecule has 1 fully saturated rings. The van der Waals surface area contributed by atoms with Crippen LogP contribution >= 0.6 is 0 Å². The van der Waals surface area contributed by atoms with Gasteiger partial charge < -0.3 is 19.3 Å². The molecule has 52 heavy (non-hydrogen) atoms. The summed E-state index contributed by atoms with van der Waals surface area (Å²) in [7, 11) is -4.18. The van der Waals surface area contributed by atoms with Crippen LogP contribution in [0.15, 0.2) is 65.8 Å². The Balaban J connectivity index is 1.36. The van der Waals surface area contributed by atoms with Gasteiger partial charge in [-0.05, 0) is 81.7 Å². The van der Waals surface area contributed by atoms with E-state index in [-0.39, 0.29) is 59.0 Å². The second-order valence-corrected chi connectivity index (χ2v) is 16.9. The Morgan fingerprint density at radius 1 is 0.981 bits per heavy atom. The van der Waals surface area contributed by atoms with Gasteiger partial charge in [0.1, 0.15) is 12.4 Å². The zero-order valence-electron chi connectivity index (χ0n) is 31.1. The third-order valence-electron chi connectivity index (χ3n) is 9.31. The van der Waals surface area contributed by atoms with Gasteiger partial charge in [0.2, 0.25) is 11.8 Å². The van der Waals surface area contributed by atoms with E-state index in [9.17, 15) is 13.2 Å². The molecule has 0 aliphatic carbocycles. The first kappa shape index (κ1) is 37.1. The quantitative estimate of drug-likeness (QED) is 0.222. The van der Waals surface area contributed by atoms with Crippen LogP contribution in [-0.2, 0) is 21.3 Å². The molecule has 12 nitrogen and oxygen atoms in total. The molecule has 1 N–H and O–H groups in total.